The van der Waals surface area contributed by atoms with E-state index in [1.807, 2.05) is 20.8 Å². The standard InChI is InChI=1S/C12H23NO3S/c1-11(2,3)9(10(15)16)13-8(14)7-17-12(4,5)6/h9H,7H2,1-6H3,(H,13,14)(H,15,16)/t9-/m1/s1. The van der Waals surface area contributed by atoms with Gasteiger partial charge in [-0.1, -0.05) is 41.5 Å². The molecule has 0 heterocycles. The number of carboxylic acids is 1. The molecule has 0 saturated heterocycles. The van der Waals surface area contributed by atoms with Crippen LogP contribution in [0.15, 0.2) is 0 Å². The van der Waals surface area contributed by atoms with Gasteiger partial charge in [0.2, 0.25) is 5.91 Å². The lowest BCUT2D eigenvalue weighted by molar-refractivity contribution is -0.144. The molecule has 0 aromatic heterocycles. The highest BCUT2D eigenvalue weighted by atomic mass is 32.2. The molecule has 0 fully saturated rings. The van der Waals surface area contributed by atoms with Gasteiger partial charge in [-0.3, -0.25) is 4.79 Å². The Hall–Kier alpha value is -0.710. The lowest BCUT2D eigenvalue weighted by Gasteiger charge is -2.28. The molecule has 4 nitrogen and oxygen atoms in total. The highest BCUT2D eigenvalue weighted by Gasteiger charge is 2.32. The van der Waals surface area contributed by atoms with Crippen LogP contribution < -0.4 is 5.32 Å². The normalized spacial score (nSPS) is 14.2. The van der Waals surface area contributed by atoms with E-state index in [4.69, 9.17) is 5.11 Å². The van der Waals surface area contributed by atoms with Gasteiger partial charge in [-0.15, -0.1) is 11.8 Å². The average Bonchev–Trinajstić information content (AvgIpc) is 2.07. The van der Waals surface area contributed by atoms with Gasteiger partial charge in [-0.25, -0.2) is 4.79 Å². The number of aliphatic carboxylic acids is 1. The van der Waals surface area contributed by atoms with Gasteiger partial charge in [-0.2, -0.15) is 0 Å². The summed E-state index contributed by atoms with van der Waals surface area (Å²) in [5.74, 6) is -0.942. The fourth-order valence-electron chi connectivity index (χ4n) is 1.13. The third-order valence-corrected chi connectivity index (χ3v) is 3.33. The lowest BCUT2D eigenvalue weighted by atomic mass is 9.87. The largest absolute Gasteiger partial charge is 0.480 e. The van der Waals surface area contributed by atoms with E-state index in [-0.39, 0.29) is 16.4 Å². The number of hydrogen-bond donors (Lipinski definition) is 2. The Morgan fingerprint density at radius 2 is 1.65 bits per heavy atom. The van der Waals surface area contributed by atoms with Crippen molar-refractivity contribution in [2.75, 3.05) is 5.75 Å². The van der Waals surface area contributed by atoms with Crippen LogP contribution in [0.3, 0.4) is 0 Å². The van der Waals surface area contributed by atoms with Crippen LogP contribution in [-0.4, -0.2) is 33.5 Å². The minimum absolute atomic E-state index is 0.00219. The molecule has 0 aliphatic rings. The topological polar surface area (TPSA) is 66.4 Å². The van der Waals surface area contributed by atoms with Crippen LogP contribution in [0, 0.1) is 5.41 Å². The van der Waals surface area contributed by atoms with Crippen LogP contribution in [0.1, 0.15) is 41.5 Å². The predicted molar refractivity (Wildman–Crippen MR) is 71.2 cm³/mol. The third-order valence-electron chi connectivity index (χ3n) is 2.05. The fraction of sp³-hybridized carbons (Fsp3) is 0.833. The second-order valence-electron chi connectivity index (χ2n) is 6.11. The van der Waals surface area contributed by atoms with Gasteiger partial charge in [0.1, 0.15) is 6.04 Å². The lowest BCUT2D eigenvalue weighted by Crippen LogP contribution is -2.49. The molecule has 0 radical (unpaired) electrons. The third kappa shape index (κ3) is 7.26. The number of thioether (sulfide) groups is 1. The molecule has 17 heavy (non-hydrogen) atoms. The molecule has 0 bridgehead atoms. The second-order valence-corrected chi connectivity index (χ2v) is 7.91. The molecule has 0 aliphatic carbocycles. The van der Waals surface area contributed by atoms with Gasteiger partial charge >= 0.3 is 5.97 Å². The molecule has 0 spiro atoms. The van der Waals surface area contributed by atoms with E-state index in [1.54, 1.807) is 20.8 Å². The molecule has 0 aliphatic heterocycles. The maximum atomic E-state index is 11.7. The van der Waals surface area contributed by atoms with Gasteiger partial charge in [0, 0.05) is 4.75 Å². The molecule has 1 atom stereocenters. The maximum absolute atomic E-state index is 11.7. The molecule has 0 aromatic carbocycles. The van der Waals surface area contributed by atoms with Crippen molar-refractivity contribution in [2.24, 2.45) is 5.41 Å². The summed E-state index contributed by atoms with van der Waals surface area (Å²) in [6.45, 7) is 11.4. The zero-order valence-corrected chi connectivity index (χ0v) is 12.3. The number of amides is 1. The number of carbonyl (C=O) groups excluding carboxylic acids is 1. The zero-order chi connectivity index (χ0) is 13.9. The van der Waals surface area contributed by atoms with Crippen molar-refractivity contribution in [3.05, 3.63) is 0 Å². The molecule has 0 saturated carbocycles. The SMILES string of the molecule is CC(C)(C)SCC(=O)N[C@H](C(=O)O)C(C)(C)C. The first kappa shape index (κ1) is 16.3. The summed E-state index contributed by atoms with van der Waals surface area (Å²) < 4.78 is -0.00219. The Kier molecular flexibility index (Phi) is 5.52. The number of nitrogens with one attached hydrogen (secondary N) is 1. The smallest absolute Gasteiger partial charge is 0.326 e. The molecular weight excluding hydrogens is 238 g/mol. The molecule has 2 N–H and O–H groups in total. The minimum Gasteiger partial charge on any atom is -0.480 e. The Morgan fingerprint density at radius 1 is 1.18 bits per heavy atom. The first-order valence-corrected chi connectivity index (χ1v) is 6.58. The quantitative estimate of drug-likeness (QED) is 0.813. The number of rotatable bonds is 4. The van der Waals surface area contributed by atoms with Crippen LogP contribution in [-0.2, 0) is 9.59 Å². The number of carboxylic acid groups (broad SMARTS) is 1. The summed E-state index contributed by atoms with van der Waals surface area (Å²) in [6.07, 6.45) is 0. The van der Waals surface area contributed by atoms with E-state index in [0.29, 0.717) is 0 Å². The maximum Gasteiger partial charge on any atom is 0.326 e. The van der Waals surface area contributed by atoms with E-state index >= 15 is 0 Å². The summed E-state index contributed by atoms with van der Waals surface area (Å²) in [6, 6.07) is -0.851. The highest BCUT2D eigenvalue weighted by molar-refractivity contribution is 8.01. The van der Waals surface area contributed by atoms with E-state index in [1.165, 1.54) is 11.8 Å². The molecule has 5 heteroatoms. The van der Waals surface area contributed by atoms with Gasteiger partial charge < -0.3 is 10.4 Å². The van der Waals surface area contributed by atoms with Gasteiger partial charge in [-0.05, 0) is 5.41 Å². The number of hydrogen-bond acceptors (Lipinski definition) is 3. The van der Waals surface area contributed by atoms with Crippen LogP contribution in [0.5, 0.6) is 0 Å². The van der Waals surface area contributed by atoms with Gasteiger partial charge in [0.25, 0.3) is 0 Å². The predicted octanol–water partition coefficient (Wildman–Crippen LogP) is 2.13. The average molecular weight is 261 g/mol. The van der Waals surface area contributed by atoms with E-state index < -0.39 is 17.4 Å². The molecule has 0 rings (SSSR count). The Balaban J connectivity index is 4.39. The van der Waals surface area contributed by atoms with Crippen LogP contribution in [0.2, 0.25) is 0 Å². The molecule has 1 amide bonds. The van der Waals surface area contributed by atoms with Crippen LogP contribution >= 0.6 is 11.8 Å². The monoisotopic (exact) mass is 261 g/mol. The van der Waals surface area contributed by atoms with Crippen molar-refractivity contribution in [3.8, 4) is 0 Å². The minimum atomic E-state index is -0.994. The summed E-state index contributed by atoms with van der Waals surface area (Å²) in [5.41, 5.74) is -0.492. The van der Waals surface area contributed by atoms with E-state index in [2.05, 4.69) is 5.32 Å². The van der Waals surface area contributed by atoms with Crippen LogP contribution in [0.4, 0.5) is 0 Å². The van der Waals surface area contributed by atoms with Gasteiger partial charge in [0.05, 0.1) is 5.75 Å². The first-order chi connectivity index (χ1) is 7.43. The van der Waals surface area contributed by atoms with Crippen molar-refractivity contribution in [1.82, 2.24) is 5.32 Å². The van der Waals surface area contributed by atoms with Crippen molar-refractivity contribution in [2.45, 2.75) is 52.3 Å². The van der Waals surface area contributed by atoms with Crippen molar-refractivity contribution >= 4 is 23.6 Å². The van der Waals surface area contributed by atoms with Crippen LogP contribution in [0.25, 0.3) is 0 Å². The Bertz CT molecular complexity index is 289. The molecular formula is C12H23NO3S. The molecule has 0 unspecified atom stereocenters. The first-order valence-electron chi connectivity index (χ1n) is 5.59. The summed E-state index contributed by atoms with van der Waals surface area (Å²) >= 11 is 1.50. The van der Waals surface area contributed by atoms with E-state index in [0.717, 1.165) is 0 Å². The Morgan fingerprint density at radius 3 is 1.94 bits per heavy atom. The van der Waals surface area contributed by atoms with Crippen molar-refractivity contribution in [3.63, 3.8) is 0 Å². The van der Waals surface area contributed by atoms with E-state index in [9.17, 15) is 9.59 Å². The summed E-state index contributed by atoms with van der Waals surface area (Å²) in [7, 11) is 0. The van der Waals surface area contributed by atoms with Crippen molar-refractivity contribution in [1.29, 1.82) is 0 Å². The summed E-state index contributed by atoms with van der Waals surface area (Å²) in [4.78, 5) is 22.7. The number of carbonyl (C=O) groups is 2. The summed E-state index contributed by atoms with van der Waals surface area (Å²) in [5, 5.41) is 11.6. The molecule has 0 aromatic rings. The van der Waals surface area contributed by atoms with Gasteiger partial charge in [0.15, 0.2) is 0 Å². The molecule has 100 valence electrons. The second kappa shape index (κ2) is 5.76. The Labute approximate surface area is 108 Å². The van der Waals surface area contributed by atoms with Crippen molar-refractivity contribution < 1.29 is 14.7 Å². The fourth-order valence-corrected chi connectivity index (χ4v) is 1.78. The highest BCUT2D eigenvalue weighted by Crippen LogP contribution is 2.23. The zero-order valence-electron chi connectivity index (χ0n) is 11.5.